The highest BCUT2D eigenvalue weighted by molar-refractivity contribution is 6.01. The molecule has 1 aromatic carbocycles. The molecule has 2 aliphatic heterocycles. The molecule has 2 heterocycles. The predicted molar refractivity (Wildman–Crippen MR) is 71.4 cm³/mol. The van der Waals surface area contributed by atoms with E-state index >= 15 is 0 Å². The lowest BCUT2D eigenvalue weighted by atomic mass is 10.0. The second-order valence-corrected chi connectivity index (χ2v) is 5.18. The van der Waals surface area contributed by atoms with Crippen LogP contribution in [-0.4, -0.2) is 22.8 Å². The van der Waals surface area contributed by atoms with Crippen LogP contribution >= 0.6 is 0 Å². The highest BCUT2D eigenvalue weighted by Gasteiger charge is 2.38. The van der Waals surface area contributed by atoms with Gasteiger partial charge in [-0.25, -0.2) is 0 Å². The third kappa shape index (κ3) is 1.84. The van der Waals surface area contributed by atoms with Crippen LogP contribution in [-0.2, 0) is 11.3 Å². The largest absolute Gasteiger partial charge is 0.329 e. The molecule has 1 aromatic rings. The number of nitrogens with one attached hydrogen (secondary N) is 1. The monoisotopic (exact) mass is 256 g/mol. The smallest absolute Gasteiger partial charge is 0.255 e. The molecular weight excluding hydrogens is 240 g/mol. The second kappa shape index (κ2) is 4.23. The second-order valence-electron chi connectivity index (χ2n) is 5.18. The van der Waals surface area contributed by atoms with Gasteiger partial charge in [-0.3, -0.25) is 9.59 Å². The topological polar surface area (TPSA) is 49.4 Å². The number of hydrogen-bond donors (Lipinski definition) is 1. The van der Waals surface area contributed by atoms with E-state index in [4.69, 9.17) is 0 Å². The van der Waals surface area contributed by atoms with Crippen molar-refractivity contribution >= 4 is 11.8 Å². The fourth-order valence-corrected chi connectivity index (χ4v) is 2.82. The first kappa shape index (κ1) is 12.0. The average Bonchev–Trinajstić information content (AvgIpc) is 2.69. The summed E-state index contributed by atoms with van der Waals surface area (Å²) < 4.78 is 0. The molecule has 0 spiro atoms. The van der Waals surface area contributed by atoms with Crippen molar-refractivity contribution in [1.82, 2.24) is 10.2 Å². The number of amides is 2. The predicted octanol–water partition coefficient (Wildman–Crippen LogP) is 1.74. The normalized spacial score (nSPS) is 22.5. The van der Waals surface area contributed by atoms with Crippen LogP contribution in [0.4, 0.5) is 0 Å². The van der Waals surface area contributed by atoms with Gasteiger partial charge in [-0.15, -0.1) is 0 Å². The van der Waals surface area contributed by atoms with Crippen molar-refractivity contribution in [1.29, 1.82) is 0 Å². The Kier molecular flexibility index (Phi) is 2.66. The zero-order valence-electron chi connectivity index (χ0n) is 10.9. The van der Waals surface area contributed by atoms with Gasteiger partial charge in [0, 0.05) is 17.8 Å². The first-order chi connectivity index (χ1) is 9.08. The lowest BCUT2D eigenvalue weighted by molar-refractivity contribution is -0.126. The summed E-state index contributed by atoms with van der Waals surface area (Å²) in [6.07, 6.45) is 1.39. The third-order valence-electron chi connectivity index (χ3n) is 3.93. The van der Waals surface area contributed by atoms with Gasteiger partial charge < -0.3 is 10.2 Å². The van der Waals surface area contributed by atoms with Crippen LogP contribution in [0.2, 0.25) is 0 Å². The van der Waals surface area contributed by atoms with Gasteiger partial charge in [-0.05, 0) is 37.0 Å². The molecule has 1 saturated heterocycles. The maximum Gasteiger partial charge on any atom is 0.255 e. The number of benzene rings is 1. The van der Waals surface area contributed by atoms with E-state index in [0.717, 1.165) is 28.8 Å². The van der Waals surface area contributed by atoms with E-state index in [9.17, 15) is 9.59 Å². The van der Waals surface area contributed by atoms with E-state index in [0.29, 0.717) is 13.0 Å². The highest BCUT2D eigenvalue weighted by Crippen LogP contribution is 2.29. The molecular formula is C15H16N2O2. The van der Waals surface area contributed by atoms with Crippen LogP contribution in [0.3, 0.4) is 0 Å². The first-order valence-corrected chi connectivity index (χ1v) is 6.46. The third-order valence-corrected chi connectivity index (χ3v) is 3.93. The molecule has 0 bridgehead atoms. The van der Waals surface area contributed by atoms with Crippen LogP contribution in [0, 0.1) is 6.92 Å². The Morgan fingerprint density at radius 1 is 1.37 bits per heavy atom. The summed E-state index contributed by atoms with van der Waals surface area (Å²) >= 11 is 0. The number of rotatable bonds is 1. The molecule has 1 fully saturated rings. The minimum atomic E-state index is -0.371. The minimum Gasteiger partial charge on any atom is -0.329 e. The van der Waals surface area contributed by atoms with Crippen LogP contribution in [0.15, 0.2) is 30.5 Å². The Morgan fingerprint density at radius 2 is 2.16 bits per heavy atom. The summed E-state index contributed by atoms with van der Waals surface area (Å²) in [6.45, 7) is 6.29. The molecule has 19 heavy (non-hydrogen) atoms. The van der Waals surface area contributed by atoms with E-state index in [-0.39, 0.29) is 17.9 Å². The molecule has 4 nitrogen and oxygen atoms in total. The molecule has 0 radical (unpaired) electrons. The summed E-state index contributed by atoms with van der Waals surface area (Å²) in [4.78, 5) is 26.1. The van der Waals surface area contributed by atoms with E-state index in [1.165, 1.54) is 0 Å². The van der Waals surface area contributed by atoms with Gasteiger partial charge in [0.1, 0.15) is 6.04 Å². The Bertz CT molecular complexity index is 592. The molecule has 0 aliphatic carbocycles. The summed E-state index contributed by atoms with van der Waals surface area (Å²) in [5, 5.41) is 2.74. The molecule has 2 amide bonds. The molecule has 2 aliphatic rings. The Hall–Kier alpha value is -2.10. The van der Waals surface area contributed by atoms with E-state index < -0.39 is 0 Å². The minimum absolute atomic E-state index is 0.0358. The summed E-state index contributed by atoms with van der Waals surface area (Å²) in [7, 11) is 0. The number of carbonyl (C=O) groups is 2. The number of hydrogen-bond acceptors (Lipinski definition) is 2. The lowest BCUT2D eigenvalue weighted by Gasteiger charge is -2.31. The molecule has 98 valence electrons. The number of allylic oxidation sites excluding steroid dienone is 1. The van der Waals surface area contributed by atoms with Gasteiger partial charge in [-0.2, -0.15) is 0 Å². The number of carbonyl (C=O) groups excluding carboxylic acids is 2. The maximum atomic E-state index is 12.4. The molecule has 0 aromatic heterocycles. The standard InChI is InChI=1S/C15H16N2O2/c1-9-4-3-5-11-12(9)8-17(15(11)19)13-7-6-10(2)16-14(13)18/h3-5,13H,2,6-8H2,1H3,(H,16,18). The SMILES string of the molecule is C=C1CCC(N2Cc3c(C)cccc3C2=O)C(=O)N1. The molecule has 4 heteroatoms. The van der Waals surface area contributed by atoms with Crippen molar-refractivity contribution in [3.63, 3.8) is 0 Å². The zero-order valence-corrected chi connectivity index (χ0v) is 10.9. The quantitative estimate of drug-likeness (QED) is 0.832. The molecule has 1 unspecified atom stereocenters. The maximum absolute atomic E-state index is 12.4. The van der Waals surface area contributed by atoms with Crippen molar-refractivity contribution < 1.29 is 9.59 Å². The van der Waals surface area contributed by atoms with Crippen LogP contribution in [0.25, 0.3) is 0 Å². The highest BCUT2D eigenvalue weighted by atomic mass is 16.2. The number of piperidine rings is 1. The molecule has 3 rings (SSSR count). The van der Waals surface area contributed by atoms with Crippen molar-refractivity contribution in [2.75, 3.05) is 0 Å². The van der Waals surface area contributed by atoms with Crippen molar-refractivity contribution in [2.24, 2.45) is 0 Å². The van der Waals surface area contributed by atoms with Crippen molar-refractivity contribution in [3.05, 3.63) is 47.2 Å². The summed E-state index contributed by atoms with van der Waals surface area (Å²) in [6, 6.07) is 5.35. The number of nitrogens with zero attached hydrogens (tertiary/aromatic N) is 1. The van der Waals surface area contributed by atoms with Crippen LogP contribution < -0.4 is 5.32 Å². The number of fused-ring (bicyclic) bond motifs is 1. The van der Waals surface area contributed by atoms with Gasteiger partial charge in [0.05, 0.1) is 0 Å². The van der Waals surface area contributed by atoms with Crippen molar-refractivity contribution in [2.45, 2.75) is 32.4 Å². The van der Waals surface area contributed by atoms with Gasteiger partial charge in [0.15, 0.2) is 0 Å². The summed E-state index contributed by atoms with van der Waals surface area (Å²) in [5.74, 6) is -0.151. The first-order valence-electron chi connectivity index (χ1n) is 6.46. The Balaban J connectivity index is 1.90. The fraction of sp³-hybridized carbons (Fsp3) is 0.333. The molecule has 1 N–H and O–H groups in total. The van der Waals surface area contributed by atoms with E-state index in [1.54, 1.807) is 4.90 Å². The zero-order chi connectivity index (χ0) is 13.6. The van der Waals surface area contributed by atoms with Crippen molar-refractivity contribution in [3.8, 4) is 0 Å². The van der Waals surface area contributed by atoms with Crippen LogP contribution in [0.1, 0.15) is 34.3 Å². The Labute approximate surface area is 112 Å². The summed E-state index contributed by atoms with van der Waals surface area (Å²) in [5.41, 5.74) is 3.62. The number of aryl methyl sites for hydroxylation is 1. The Morgan fingerprint density at radius 3 is 2.84 bits per heavy atom. The van der Waals surface area contributed by atoms with Gasteiger partial charge in [0.2, 0.25) is 5.91 Å². The van der Waals surface area contributed by atoms with Gasteiger partial charge in [0.25, 0.3) is 5.91 Å². The van der Waals surface area contributed by atoms with Gasteiger partial charge in [-0.1, -0.05) is 18.7 Å². The molecule has 1 atom stereocenters. The van der Waals surface area contributed by atoms with E-state index in [2.05, 4.69) is 11.9 Å². The van der Waals surface area contributed by atoms with Gasteiger partial charge >= 0.3 is 0 Å². The molecule has 0 saturated carbocycles. The average molecular weight is 256 g/mol. The van der Waals surface area contributed by atoms with E-state index in [1.807, 2.05) is 25.1 Å². The fourth-order valence-electron chi connectivity index (χ4n) is 2.82. The van der Waals surface area contributed by atoms with Crippen LogP contribution in [0.5, 0.6) is 0 Å². The lowest BCUT2D eigenvalue weighted by Crippen LogP contribution is -2.49.